The number of H-pyrrole nitrogens is 2. The molecule has 18 heteroatoms. The second-order valence-corrected chi connectivity index (χ2v) is 23.0. The maximum atomic E-state index is 11.5. The Kier molecular flexibility index (Phi) is 46.5. The van der Waals surface area contributed by atoms with Gasteiger partial charge in [0, 0.05) is 90.0 Å². The summed E-state index contributed by atoms with van der Waals surface area (Å²) in [5.74, 6) is 0. The smallest absolute Gasteiger partial charge is 0.271 e. The fourth-order valence-corrected chi connectivity index (χ4v) is 11.6. The van der Waals surface area contributed by atoms with Gasteiger partial charge in [-0.05, 0) is 131 Å². The van der Waals surface area contributed by atoms with Gasteiger partial charge in [-0.3, -0.25) is 19.5 Å². The predicted octanol–water partition coefficient (Wildman–Crippen LogP) is 20.8. The molecule has 10 heterocycles. The maximum absolute atomic E-state index is 11.5. The van der Waals surface area contributed by atoms with E-state index in [1.54, 1.807) is 27.2 Å². The standard InChI is InChI=1S/C13H10O.C13H10S.C9H8N2O.C9H9N.C7H6N2OS.C6H6N4O.C5H12N2.C5H11N.8C2H6/c2*1-9-5-4-7-11-10-6-2-3-8-12(10)14-13(9)11;1-11-6-10-8-5-3-2-4-7(8)9(11)12;1-7-2-3-9-8(6-7)4-5-10-9;1-9-4-8-5-2-3-11-6(5)7(9)10;1-10-3-7-5-4(6(10)11)2-8-9-5;1-7-4-2-6-3-5-7;1-6-4-2-3-5-6;8*1-2/h2*2-8H,1H3;2-6H,1H3;2-6,10H,1H3;2-4H,1H3;2-3H,1H3,(H,8,9);6H,2-5H2,1H3;2-5H2,1H3;8*1-2H3. The van der Waals surface area contributed by atoms with Gasteiger partial charge in [0.2, 0.25) is 0 Å². The number of hydrogen-bond acceptors (Lipinski definition) is 13. The van der Waals surface area contributed by atoms with E-state index in [0.29, 0.717) is 16.4 Å². The minimum Gasteiger partial charge on any atom is -0.456 e. The number of likely N-dealkylation sites (N-methyl/N-ethyl adjacent to an activating group) is 1. The highest BCUT2D eigenvalue weighted by molar-refractivity contribution is 7.26. The van der Waals surface area contributed by atoms with Crippen molar-refractivity contribution in [1.82, 2.24) is 59.0 Å². The number of aromatic nitrogens is 9. The van der Waals surface area contributed by atoms with Crippen LogP contribution in [0.1, 0.15) is 140 Å². The number of benzene rings is 6. The van der Waals surface area contributed by atoms with Gasteiger partial charge in [-0.15, -0.1) is 22.7 Å². The SMILES string of the molecule is CC.CC.CC.CC.CC.CC.CC.CC.CN1CCCC1.CN1CCNCC1.Cc1ccc2[nH]ccc2c1.Cc1cccc2c1oc1ccccc12.Cc1cccc2c1sc1ccccc12.Cn1cnc2[nH]ncc2c1=O.Cn1cnc2ccccc2c1=O.Cn1cnc2ccsc2c1=O. The van der Waals surface area contributed by atoms with E-state index >= 15 is 0 Å². The zero-order chi connectivity index (χ0) is 75.8. The van der Waals surface area contributed by atoms with Crippen LogP contribution < -0.4 is 22.0 Å². The largest absolute Gasteiger partial charge is 0.456 e. The van der Waals surface area contributed by atoms with Crippen molar-refractivity contribution < 1.29 is 4.42 Å². The van der Waals surface area contributed by atoms with Crippen LogP contribution in [0.25, 0.3) is 85.2 Å². The molecule has 2 saturated heterocycles. The number of hydrogen-bond donors (Lipinski definition) is 3. The molecule has 8 aromatic heterocycles. The molecule has 3 N–H and O–H groups in total. The van der Waals surface area contributed by atoms with Crippen molar-refractivity contribution in [2.45, 2.75) is 144 Å². The number of nitrogens with one attached hydrogen (secondary N) is 3. The molecular formula is C83H120N12O4S2. The lowest BCUT2D eigenvalue weighted by molar-refractivity contribution is 0.291. The number of para-hydroxylation sites is 3. The molecule has 16 nitrogen and oxygen atoms in total. The average Bonchev–Trinajstić information content (AvgIpc) is 1.83. The van der Waals surface area contributed by atoms with Gasteiger partial charge in [0.15, 0.2) is 5.65 Å². The third-order valence-electron chi connectivity index (χ3n) is 14.5. The van der Waals surface area contributed by atoms with Crippen LogP contribution in [0, 0.1) is 20.8 Å². The number of rotatable bonds is 0. The van der Waals surface area contributed by atoms with Crippen molar-refractivity contribution >= 4 is 108 Å². The summed E-state index contributed by atoms with van der Waals surface area (Å²) in [4.78, 5) is 54.0. The monoisotopic (exact) mass is 1410 g/mol. The first kappa shape index (κ1) is 90.1. The zero-order valence-corrected chi connectivity index (χ0v) is 67.0. The van der Waals surface area contributed by atoms with Crippen LogP contribution in [0.3, 0.4) is 0 Å². The second-order valence-electron chi connectivity index (χ2n) is 21.0. The Balaban J connectivity index is 0.000000566. The van der Waals surface area contributed by atoms with Crippen molar-refractivity contribution in [3.8, 4) is 0 Å². The minimum absolute atomic E-state index is 0.000556. The number of fused-ring (bicyclic) bond motifs is 10. The van der Waals surface area contributed by atoms with Gasteiger partial charge in [0.25, 0.3) is 16.7 Å². The Morgan fingerprint density at radius 1 is 0.455 bits per heavy atom. The highest BCUT2D eigenvalue weighted by atomic mass is 32.1. The van der Waals surface area contributed by atoms with Gasteiger partial charge >= 0.3 is 0 Å². The molecule has 6 aromatic carbocycles. The molecule has 0 atom stereocenters. The van der Waals surface area contributed by atoms with E-state index in [1.165, 1.54) is 148 Å². The first-order chi connectivity index (χ1) is 49.2. The second kappa shape index (κ2) is 52.1. The van der Waals surface area contributed by atoms with Crippen molar-refractivity contribution in [3.05, 3.63) is 224 Å². The normalized spacial score (nSPS) is 11.4. The van der Waals surface area contributed by atoms with E-state index in [-0.39, 0.29) is 16.7 Å². The van der Waals surface area contributed by atoms with Gasteiger partial charge in [0.05, 0.1) is 41.6 Å². The number of thiophene rings is 2. The van der Waals surface area contributed by atoms with Crippen molar-refractivity contribution in [2.75, 3.05) is 53.4 Å². The highest BCUT2D eigenvalue weighted by Gasteiger charge is 2.09. The van der Waals surface area contributed by atoms with Crippen LogP contribution >= 0.6 is 22.7 Å². The lowest BCUT2D eigenvalue weighted by Gasteiger charge is -2.21. The summed E-state index contributed by atoms with van der Waals surface area (Å²) in [6.45, 7) is 45.7. The maximum Gasteiger partial charge on any atom is 0.271 e. The van der Waals surface area contributed by atoms with Gasteiger partial charge in [-0.25, -0.2) is 15.0 Å². The van der Waals surface area contributed by atoms with Crippen LogP contribution in [0.15, 0.2) is 195 Å². The molecule has 2 fully saturated rings. The third-order valence-corrected chi connectivity index (χ3v) is 16.7. The Labute approximate surface area is 610 Å². The first-order valence-corrected chi connectivity index (χ1v) is 37.9. The van der Waals surface area contributed by atoms with Crippen LogP contribution in [-0.4, -0.2) is 107 Å². The number of furan rings is 1. The van der Waals surface area contributed by atoms with E-state index in [9.17, 15) is 14.4 Å². The lowest BCUT2D eigenvalue weighted by Crippen LogP contribution is -2.40. The molecule has 0 unspecified atom stereocenters. The summed E-state index contributed by atoms with van der Waals surface area (Å²) in [5.41, 5.74) is 9.10. The molecule has 16 rings (SSSR count). The number of aryl methyl sites for hydroxylation is 6. The summed E-state index contributed by atoms with van der Waals surface area (Å²) in [5, 5.41) is 19.1. The Bertz CT molecular complexity index is 4460. The first-order valence-electron chi connectivity index (χ1n) is 36.2. The minimum atomic E-state index is -0.0799. The van der Waals surface area contributed by atoms with Gasteiger partial charge < -0.3 is 38.2 Å². The topological polar surface area (TPSA) is 181 Å². The fraction of sp³-hybridized carbons (Fsp3) is 0.386. The molecule has 101 heavy (non-hydrogen) atoms. The number of piperazine rings is 1. The van der Waals surface area contributed by atoms with Crippen LogP contribution in [0.2, 0.25) is 0 Å². The molecule has 0 radical (unpaired) electrons. The molecule has 0 saturated carbocycles. The molecular weight excluding hydrogens is 1290 g/mol. The summed E-state index contributed by atoms with van der Waals surface area (Å²) >= 11 is 3.32. The van der Waals surface area contributed by atoms with E-state index in [1.807, 2.05) is 176 Å². The van der Waals surface area contributed by atoms with Gasteiger partial charge in [-0.1, -0.05) is 207 Å². The van der Waals surface area contributed by atoms with Gasteiger partial charge in [-0.2, -0.15) is 5.10 Å². The zero-order valence-electron chi connectivity index (χ0n) is 65.4. The van der Waals surface area contributed by atoms with Gasteiger partial charge in [0.1, 0.15) is 21.3 Å². The summed E-state index contributed by atoms with van der Waals surface area (Å²) in [6, 6.07) is 47.2. The van der Waals surface area contributed by atoms with Crippen LogP contribution in [-0.2, 0) is 21.1 Å². The number of aromatic amines is 2. The molecule has 0 bridgehead atoms. The van der Waals surface area contributed by atoms with Crippen LogP contribution in [0.5, 0.6) is 0 Å². The van der Waals surface area contributed by atoms with Crippen molar-refractivity contribution in [1.29, 1.82) is 0 Å². The molecule has 14 aromatic rings. The van der Waals surface area contributed by atoms with E-state index < -0.39 is 0 Å². The Morgan fingerprint density at radius 2 is 0.970 bits per heavy atom. The van der Waals surface area contributed by atoms with Crippen molar-refractivity contribution in [3.63, 3.8) is 0 Å². The molecule has 0 spiro atoms. The predicted molar refractivity (Wildman–Crippen MR) is 444 cm³/mol. The van der Waals surface area contributed by atoms with Crippen LogP contribution in [0.4, 0.5) is 0 Å². The molecule has 2 aliphatic heterocycles. The lowest BCUT2D eigenvalue weighted by atomic mass is 10.1. The quantitative estimate of drug-likeness (QED) is 0.131. The molecule has 0 amide bonds. The fourth-order valence-electron chi connectivity index (χ4n) is 9.61. The molecule has 548 valence electrons. The van der Waals surface area contributed by atoms with E-state index in [4.69, 9.17) is 4.42 Å². The summed E-state index contributed by atoms with van der Waals surface area (Å²) < 4.78 is 13.7. The van der Waals surface area contributed by atoms with E-state index in [0.717, 1.165) is 40.0 Å². The average molecular weight is 1410 g/mol. The molecule has 0 aliphatic carbocycles. The Hall–Kier alpha value is -8.91. The summed E-state index contributed by atoms with van der Waals surface area (Å²) in [7, 11) is 9.38. The van der Waals surface area contributed by atoms with E-state index in [2.05, 4.69) is 171 Å². The van der Waals surface area contributed by atoms with Crippen molar-refractivity contribution in [2.24, 2.45) is 21.1 Å². The third kappa shape index (κ3) is 27.9. The number of likely N-dealkylation sites (tertiary alicyclic amines) is 1. The number of nitrogens with zero attached hydrogens (tertiary/aromatic N) is 9. The Morgan fingerprint density at radius 3 is 1.57 bits per heavy atom. The highest BCUT2D eigenvalue weighted by Crippen LogP contribution is 2.35. The summed E-state index contributed by atoms with van der Waals surface area (Å²) in [6.07, 6.45) is 10.8. The molecule has 2 aliphatic rings.